The van der Waals surface area contributed by atoms with Gasteiger partial charge in [-0.1, -0.05) is 6.92 Å². The number of aromatic nitrogens is 2. The van der Waals surface area contributed by atoms with Crippen LogP contribution >= 0.6 is 0 Å². The Bertz CT molecular complexity index is 230. The molecular formula is C8H15N2O+. The number of aliphatic hydroxyl groups excluding tert-OH is 1. The number of rotatable bonds is 3. The van der Waals surface area contributed by atoms with Crippen LogP contribution in [0.3, 0.4) is 0 Å². The lowest BCUT2D eigenvalue weighted by molar-refractivity contribution is -0.678. The molecule has 0 aliphatic heterocycles. The van der Waals surface area contributed by atoms with Crippen LogP contribution in [-0.4, -0.2) is 16.3 Å². The first kappa shape index (κ1) is 8.27. The molecule has 0 spiro atoms. The fourth-order valence-corrected chi connectivity index (χ4v) is 1.32. The van der Waals surface area contributed by atoms with Gasteiger partial charge in [0.15, 0.2) is 0 Å². The molecule has 1 heterocycles. The van der Waals surface area contributed by atoms with E-state index in [1.807, 2.05) is 19.4 Å². The van der Waals surface area contributed by atoms with Crippen molar-refractivity contribution in [1.29, 1.82) is 0 Å². The van der Waals surface area contributed by atoms with E-state index in [9.17, 15) is 0 Å². The quantitative estimate of drug-likeness (QED) is 0.605. The summed E-state index contributed by atoms with van der Waals surface area (Å²) in [6.45, 7) is 3.02. The van der Waals surface area contributed by atoms with Gasteiger partial charge in [0.25, 0.3) is 5.82 Å². The van der Waals surface area contributed by atoms with Crippen LogP contribution in [0.2, 0.25) is 0 Å². The van der Waals surface area contributed by atoms with Gasteiger partial charge in [0.05, 0.1) is 13.7 Å². The summed E-state index contributed by atoms with van der Waals surface area (Å²) in [5.41, 5.74) is 0. The third-order valence-electron chi connectivity index (χ3n) is 1.87. The molecule has 1 aromatic heterocycles. The molecule has 0 amide bonds. The molecule has 1 rings (SSSR count). The van der Waals surface area contributed by atoms with Crippen LogP contribution < -0.4 is 4.57 Å². The second kappa shape index (κ2) is 3.53. The van der Waals surface area contributed by atoms with Crippen LogP contribution in [0.15, 0.2) is 12.4 Å². The average molecular weight is 155 g/mol. The fraction of sp³-hybridized carbons (Fsp3) is 0.625. The highest BCUT2D eigenvalue weighted by Crippen LogP contribution is 1.94. The van der Waals surface area contributed by atoms with Crippen LogP contribution in [0.1, 0.15) is 12.7 Å². The Hall–Kier alpha value is -0.830. The summed E-state index contributed by atoms with van der Waals surface area (Å²) in [6, 6.07) is 0. The minimum absolute atomic E-state index is 0.210. The van der Waals surface area contributed by atoms with Crippen LogP contribution in [0.25, 0.3) is 0 Å². The number of hydrogen-bond acceptors (Lipinski definition) is 1. The zero-order chi connectivity index (χ0) is 8.27. The van der Waals surface area contributed by atoms with E-state index in [1.54, 1.807) is 0 Å². The Morgan fingerprint density at radius 2 is 2.36 bits per heavy atom. The molecule has 0 saturated heterocycles. The van der Waals surface area contributed by atoms with Crippen LogP contribution in [0.5, 0.6) is 0 Å². The molecule has 0 bridgehead atoms. The summed E-state index contributed by atoms with van der Waals surface area (Å²) >= 11 is 0. The Morgan fingerprint density at radius 3 is 2.91 bits per heavy atom. The second-order valence-electron chi connectivity index (χ2n) is 2.60. The molecule has 3 heteroatoms. The molecule has 0 aliphatic rings. The largest absolute Gasteiger partial charge is 0.392 e. The van der Waals surface area contributed by atoms with E-state index in [2.05, 4.69) is 16.1 Å². The Balaban J connectivity index is 2.86. The van der Waals surface area contributed by atoms with Crippen molar-refractivity contribution in [3.63, 3.8) is 0 Å². The van der Waals surface area contributed by atoms with Crippen molar-refractivity contribution in [1.82, 2.24) is 4.57 Å². The van der Waals surface area contributed by atoms with E-state index in [0.717, 1.165) is 6.42 Å². The molecule has 1 N–H and O–H groups in total. The maximum Gasteiger partial charge on any atom is 0.255 e. The zero-order valence-corrected chi connectivity index (χ0v) is 7.12. The second-order valence-corrected chi connectivity index (χ2v) is 2.60. The van der Waals surface area contributed by atoms with E-state index in [1.165, 1.54) is 5.82 Å². The van der Waals surface area contributed by atoms with Crippen LogP contribution in [0.4, 0.5) is 0 Å². The first-order valence-electron chi connectivity index (χ1n) is 3.94. The Kier molecular flexibility index (Phi) is 2.65. The van der Waals surface area contributed by atoms with Crippen molar-refractivity contribution in [2.45, 2.75) is 19.9 Å². The summed E-state index contributed by atoms with van der Waals surface area (Å²) in [6.07, 6.45) is 5.01. The predicted octanol–water partition coefficient (Wildman–Crippen LogP) is -0.133. The fourth-order valence-electron chi connectivity index (χ4n) is 1.32. The molecule has 0 unspecified atom stereocenters. The number of nitrogens with zero attached hydrogens (tertiary/aromatic N) is 2. The van der Waals surface area contributed by atoms with Gasteiger partial charge in [-0.3, -0.25) is 0 Å². The Morgan fingerprint density at radius 1 is 1.64 bits per heavy atom. The highest BCUT2D eigenvalue weighted by atomic mass is 16.3. The molecule has 11 heavy (non-hydrogen) atoms. The van der Waals surface area contributed by atoms with Gasteiger partial charge in [-0.2, -0.15) is 0 Å². The molecule has 0 fully saturated rings. The van der Waals surface area contributed by atoms with Gasteiger partial charge in [-0.05, 0) is 0 Å². The van der Waals surface area contributed by atoms with Gasteiger partial charge in [-0.15, -0.1) is 0 Å². The summed E-state index contributed by atoms with van der Waals surface area (Å²) in [5.74, 6) is 1.25. The molecule has 0 saturated carbocycles. The van der Waals surface area contributed by atoms with Crippen LogP contribution in [-0.2, 0) is 20.0 Å². The van der Waals surface area contributed by atoms with E-state index in [-0.39, 0.29) is 6.61 Å². The summed E-state index contributed by atoms with van der Waals surface area (Å²) in [7, 11) is 2.02. The minimum atomic E-state index is 0.210. The molecular weight excluding hydrogens is 140 g/mol. The lowest BCUT2D eigenvalue weighted by Gasteiger charge is -1.96. The van der Waals surface area contributed by atoms with E-state index < -0.39 is 0 Å². The highest BCUT2D eigenvalue weighted by molar-refractivity contribution is 4.82. The molecule has 0 aromatic carbocycles. The average Bonchev–Trinajstić information content (AvgIpc) is 2.33. The van der Waals surface area contributed by atoms with E-state index >= 15 is 0 Å². The smallest absolute Gasteiger partial charge is 0.255 e. The number of aryl methyl sites for hydroxylation is 1. The zero-order valence-electron chi connectivity index (χ0n) is 7.12. The van der Waals surface area contributed by atoms with E-state index in [0.29, 0.717) is 6.54 Å². The SMILES string of the molecule is CCc1n(CCO)cc[n+]1C. The lowest BCUT2D eigenvalue weighted by atomic mass is 10.4. The summed E-state index contributed by atoms with van der Waals surface area (Å²) in [4.78, 5) is 0. The maximum absolute atomic E-state index is 8.72. The molecule has 0 radical (unpaired) electrons. The Labute approximate surface area is 66.9 Å². The number of aliphatic hydroxyl groups is 1. The van der Waals surface area contributed by atoms with Crippen molar-refractivity contribution >= 4 is 0 Å². The third-order valence-corrected chi connectivity index (χ3v) is 1.87. The van der Waals surface area contributed by atoms with Gasteiger partial charge in [-0.25, -0.2) is 9.13 Å². The first-order valence-corrected chi connectivity index (χ1v) is 3.94. The topological polar surface area (TPSA) is 29.0 Å². The van der Waals surface area contributed by atoms with Crippen molar-refractivity contribution in [3.8, 4) is 0 Å². The van der Waals surface area contributed by atoms with Crippen molar-refractivity contribution in [3.05, 3.63) is 18.2 Å². The minimum Gasteiger partial charge on any atom is -0.392 e. The standard InChI is InChI=1S/C8H15N2O/c1-3-8-9(2)4-5-10(8)6-7-11/h4-5,11H,3,6-7H2,1-2H3/q+1. The molecule has 62 valence electrons. The number of hydrogen-bond donors (Lipinski definition) is 1. The third kappa shape index (κ3) is 1.60. The van der Waals surface area contributed by atoms with Crippen molar-refractivity contribution in [2.24, 2.45) is 7.05 Å². The van der Waals surface area contributed by atoms with E-state index in [4.69, 9.17) is 5.11 Å². The molecule has 0 aliphatic carbocycles. The predicted molar refractivity (Wildman–Crippen MR) is 42.1 cm³/mol. The lowest BCUT2D eigenvalue weighted by Crippen LogP contribution is -2.31. The van der Waals surface area contributed by atoms with Gasteiger partial charge < -0.3 is 5.11 Å². The van der Waals surface area contributed by atoms with Crippen LogP contribution in [0, 0.1) is 0 Å². The molecule has 1 aromatic rings. The van der Waals surface area contributed by atoms with Crippen molar-refractivity contribution in [2.75, 3.05) is 6.61 Å². The first-order chi connectivity index (χ1) is 5.29. The monoisotopic (exact) mass is 155 g/mol. The van der Waals surface area contributed by atoms with Gasteiger partial charge in [0.2, 0.25) is 0 Å². The normalized spacial score (nSPS) is 10.5. The van der Waals surface area contributed by atoms with Gasteiger partial charge in [0, 0.05) is 6.42 Å². The van der Waals surface area contributed by atoms with Gasteiger partial charge in [0.1, 0.15) is 18.9 Å². The summed E-state index contributed by atoms with van der Waals surface area (Å²) in [5, 5.41) is 8.72. The van der Waals surface area contributed by atoms with Crippen molar-refractivity contribution < 1.29 is 9.67 Å². The molecule has 3 nitrogen and oxygen atoms in total. The summed E-state index contributed by atoms with van der Waals surface area (Å²) < 4.78 is 4.15. The maximum atomic E-state index is 8.72. The molecule has 0 atom stereocenters. The van der Waals surface area contributed by atoms with Gasteiger partial charge >= 0.3 is 0 Å². The number of imidazole rings is 1. The highest BCUT2D eigenvalue weighted by Gasteiger charge is 2.10.